The zero-order valence-electron chi connectivity index (χ0n) is 23.1. The van der Waals surface area contributed by atoms with Crippen LogP contribution >= 0.6 is 0 Å². The van der Waals surface area contributed by atoms with Gasteiger partial charge in [-0.1, -0.05) is 24.6 Å². The number of ether oxygens (including phenoxy) is 1. The summed E-state index contributed by atoms with van der Waals surface area (Å²) in [5.74, 6) is 1.98. The molecule has 1 spiro atoms. The summed E-state index contributed by atoms with van der Waals surface area (Å²) in [4.78, 5) is 23.3. The number of nitrogens with zero attached hydrogens (tertiary/aromatic N) is 4. The molecule has 200 valence electrons. The van der Waals surface area contributed by atoms with E-state index >= 15 is 0 Å². The van der Waals surface area contributed by atoms with E-state index in [0.29, 0.717) is 13.2 Å². The third kappa shape index (κ3) is 4.08. The van der Waals surface area contributed by atoms with Gasteiger partial charge in [-0.05, 0) is 86.7 Å². The molecule has 7 heteroatoms. The second-order valence-electron chi connectivity index (χ2n) is 11.4. The number of fused-ring (bicyclic) bond motifs is 3. The minimum Gasteiger partial charge on any atom is -0.494 e. The Bertz CT molecular complexity index is 1360. The summed E-state index contributed by atoms with van der Waals surface area (Å²) in [6.45, 7) is 5.01. The van der Waals surface area contributed by atoms with E-state index in [-0.39, 0.29) is 17.4 Å². The van der Waals surface area contributed by atoms with Crippen LogP contribution in [0.2, 0.25) is 0 Å². The number of hydrogen-bond donors (Lipinski definition) is 1. The molecule has 1 aliphatic heterocycles. The number of aromatic nitrogens is 2. The summed E-state index contributed by atoms with van der Waals surface area (Å²) >= 11 is 0. The predicted octanol–water partition coefficient (Wildman–Crippen LogP) is 5.00. The third-order valence-electron chi connectivity index (χ3n) is 8.74. The first kappa shape index (κ1) is 25.0. The quantitative estimate of drug-likeness (QED) is 0.459. The normalized spacial score (nSPS) is 19.4. The van der Waals surface area contributed by atoms with E-state index in [1.807, 2.05) is 26.4 Å². The number of nitrogens with one attached hydrogen (secondary N) is 1. The fourth-order valence-electron chi connectivity index (χ4n) is 7.09. The van der Waals surface area contributed by atoms with Gasteiger partial charge < -0.3 is 24.4 Å². The first-order valence-electron chi connectivity index (χ1n) is 14.0. The monoisotopic (exact) mass is 513 g/mol. The van der Waals surface area contributed by atoms with E-state index in [2.05, 4.69) is 69.1 Å². The lowest BCUT2D eigenvalue weighted by atomic mass is 9.60. The first-order valence-corrected chi connectivity index (χ1v) is 14.0. The number of rotatable bonds is 8. The van der Waals surface area contributed by atoms with Gasteiger partial charge in [-0.2, -0.15) is 0 Å². The lowest BCUT2D eigenvalue weighted by molar-refractivity contribution is 0.0467. The van der Waals surface area contributed by atoms with Crippen molar-refractivity contribution in [3.8, 4) is 5.75 Å². The highest BCUT2D eigenvalue weighted by atomic mass is 16.5. The Morgan fingerprint density at radius 3 is 2.79 bits per heavy atom. The molecule has 1 atom stereocenters. The van der Waals surface area contributed by atoms with Crippen molar-refractivity contribution in [3.63, 3.8) is 0 Å². The van der Waals surface area contributed by atoms with Gasteiger partial charge in [0.05, 0.1) is 19.2 Å². The molecular formula is C31H39N5O2. The van der Waals surface area contributed by atoms with Gasteiger partial charge in [-0.15, -0.1) is 0 Å². The van der Waals surface area contributed by atoms with E-state index in [1.165, 1.54) is 28.7 Å². The Balaban J connectivity index is 1.44. The van der Waals surface area contributed by atoms with Crippen LogP contribution in [0.15, 0.2) is 42.7 Å². The zero-order chi connectivity index (χ0) is 26.4. The van der Waals surface area contributed by atoms with Crippen molar-refractivity contribution in [1.29, 1.82) is 0 Å². The van der Waals surface area contributed by atoms with Crippen molar-refractivity contribution in [2.45, 2.75) is 63.6 Å². The molecule has 0 radical (unpaired) electrons. The van der Waals surface area contributed by atoms with Crippen LogP contribution in [0.5, 0.6) is 5.75 Å². The van der Waals surface area contributed by atoms with Crippen LogP contribution in [0, 0.1) is 0 Å². The molecule has 1 aromatic heterocycles. The van der Waals surface area contributed by atoms with Crippen LogP contribution in [0.1, 0.15) is 76.8 Å². The number of carbonyl (C=O) groups excluding carboxylic acids is 1. The van der Waals surface area contributed by atoms with E-state index in [1.54, 1.807) is 0 Å². The summed E-state index contributed by atoms with van der Waals surface area (Å²) < 4.78 is 8.06. The van der Waals surface area contributed by atoms with Crippen LogP contribution in [0.25, 0.3) is 0 Å². The van der Waals surface area contributed by atoms with Crippen LogP contribution in [0.3, 0.4) is 0 Å². The van der Waals surface area contributed by atoms with Crippen molar-refractivity contribution in [3.05, 3.63) is 76.1 Å². The van der Waals surface area contributed by atoms with Gasteiger partial charge in [-0.3, -0.25) is 4.79 Å². The molecular weight excluding hydrogens is 474 g/mol. The first-order chi connectivity index (χ1) is 18.4. The summed E-state index contributed by atoms with van der Waals surface area (Å²) in [5.41, 5.74) is 7.26. The van der Waals surface area contributed by atoms with Gasteiger partial charge in [0.1, 0.15) is 5.75 Å². The van der Waals surface area contributed by atoms with E-state index in [0.717, 1.165) is 61.6 Å². The maximum Gasteiger partial charge on any atom is 0.254 e. The van der Waals surface area contributed by atoms with Gasteiger partial charge in [0.25, 0.3) is 5.91 Å². The summed E-state index contributed by atoms with van der Waals surface area (Å²) in [5, 5.41) is 3.17. The summed E-state index contributed by atoms with van der Waals surface area (Å²) in [7, 11) is 6.12. The fourth-order valence-corrected chi connectivity index (χ4v) is 7.09. The Kier molecular flexibility index (Phi) is 6.42. The largest absolute Gasteiger partial charge is 0.494 e. The molecule has 1 amide bonds. The Labute approximate surface area is 225 Å². The molecule has 3 aliphatic rings. The molecule has 2 heterocycles. The number of benzene rings is 2. The van der Waals surface area contributed by atoms with Crippen LogP contribution in [0.4, 0.5) is 5.95 Å². The number of imidazole rings is 1. The number of carbonyl (C=O) groups is 1. The van der Waals surface area contributed by atoms with Gasteiger partial charge >= 0.3 is 0 Å². The number of anilines is 1. The molecule has 1 saturated carbocycles. The minimum atomic E-state index is 0.0541. The van der Waals surface area contributed by atoms with Crippen LogP contribution < -0.4 is 10.1 Å². The maximum absolute atomic E-state index is 14.4. The summed E-state index contributed by atoms with van der Waals surface area (Å²) in [6, 6.07) is 11.0. The lowest BCUT2D eigenvalue weighted by Crippen LogP contribution is -2.54. The molecule has 38 heavy (non-hydrogen) atoms. The lowest BCUT2D eigenvalue weighted by Gasteiger charge is -2.52. The van der Waals surface area contributed by atoms with Gasteiger partial charge in [-0.25, -0.2) is 4.98 Å². The number of amides is 1. The predicted molar refractivity (Wildman–Crippen MR) is 150 cm³/mol. The Hall–Kier alpha value is -3.32. The fraction of sp³-hybridized carbons (Fsp3) is 0.484. The SMILES string of the molecule is CCOc1cccc2c1CCC2N1CC2(CCC2)c2c(CN(C)C)cc(Cn3ccnc3NC)cc2C1=O. The standard InChI is InChI=1S/C31H39N5O2/c1-5-38-27-9-6-8-23-24(27)10-11-26(23)36-20-31(12-7-13-31)28-22(19-34(3)4)16-21(17-25(28)29(36)37)18-35-15-14-33-30(35)32-2/h6,8-9,14-17,26H,5,7,10-13,18-20H2,1-4H3,(H,32,33). The van der Waals surface area contributed by atoms with Crippen molar-refractivity contribution in [2.75, 3.05) is 39.6 Å². The molecule has 7 nitrogen and oxygen atoms in total. The highest BCUT2D eigenvalue weighted by Crippen LogP contribution is 2.53. The molecule has 2 aliphatic carbocycles. The molecule has 3 aromatic rings. The number of hydrogen-bond acceptors (Lipinski definition) is 5. The molecule has 1 unspecified atom stereocenters. The average Bonchev–Trinajstić information content (AvgIpc) is 3.51. The molecule has 0 saturated heterocycles. The molecule has 1 fully saturated rings. The van der Waals surface area contributed by atoms with Gasteiger partial charge in [0.15, 0.2) is 0 Å². The third-order valence-corrected chi connectivity index (χ3v) is 8.74. The average molecular weight is 514 g/mol. The molecule has 6 rings (SSSR count). The van der Waals surface area contributed by atoms with E-state index in [9.17, 15) is 4.79 Å². The molecule has 1 N–H and O–H groups in total. The van der Waals surface area contributed by atoms with Crippen LogP contribution in [-0.2, 0) is 24.9 Å². The smallest absolute Gasteiger partial charge is 0.254 e. The van der Waals surface area contributed by atoms with Crippen molar-refractivity contribution >= 4 is 11.9 Å². The minimum absolute atomic E-state index is 0.0541. The highest BCUT2D eigenvalue weighted by Gasteiger charge is 2.50. The molecule has 2 aromatic carbocycles. The Morgan fingerprint density at radius 2 is 2.08 bits per heavy atom. The highest BCUT2D eigenvalue weighted by molar-refractivity contribution is 5.98. The molecule has 0 bridgehead atoms. The second kappa shape index (κ2) is 9.77. The zero-order valence-corrected chi connectivity index (χ0v) is 23.1. The summed E-state index contributed by atoms with van der Waals surface area (Å²) in [6.07, 6.45) is 9.24. The van der Waals surface area contributed by atoms with Gasteiger partial charge in [0, 0.05) is 43.5 Å². The maximum atomic E-state index is 14.4. The van der Waals surface area contributed by atoms with Crippen molar-refractivity contribution < 1.29 is 9.53 Å². The van der Waals surface area contributed by atoms with E-state index < -0.39 is 0 Å². The second-order valence-corrected chi connectivity index (χ2v) is 11.4. The topological polar surface area (TPSA) is 62.6 Å². The van der Waals surface area contributed by atoms with Gasteiger partial charge in [0.2, 0.25) is 5.95 Å². The van der Waals surface area contributed by atoms with E-state index in [4.69, 9.17) is 4.74 Å². The Morgan fingerprint density at radius 1 is 1.24 bits per heavy atom. The van der Waals surface area contributed by atoms with Crippen molar-refractivity contribution in [1.82, 2.24) is 19.4 Å². The van der Waals surface area contributed by atoms with Crippen LogP contribution in [-0.4, -0.2) is 59.6 Å². The van der Waals surface area contributed by atoms with Crippen molar-refractivity contribution in [2.24, 2.45) is 0 Å².